The summed E-state index contributed by atoms with van der Waals surface area (Å²) in [7, 11) is 1.28. The standard InChI is InChI=1S/C24H27ClN4O6/c1-4-34-19-11-16(22-21(23(31)33-3)14(2)27-24(32)28-22)7-10-18(19)35-13-20(30)29-26-12-15-5-8-17(25)9-6-15/h5-12,20,22,29-30H,4,13H2,1-3H3,(H2,27,28,32)/b26-12-/t20-,22+/m1/s1. The molecule has 0 saturated heterocycles. The third-order valence-electron chi connectivity index (χ3n) is 4.98. The quantitative estimate of drug-likeness (QED) is 0.170. The summed E-state index contributed by atoms with van der Waals surface area (Å²) < 4.78 is 16.3. The van der Waals surface area contributed by atoms with Crippen LogP contribution in [-0.4, -0.2) is 49.9 Å². The lowest BCUT2D eigenvalue weighted by molar-refractivity contribution is -0.136. The van der Waals surface area contributed by atoms with Gasteiger partial charge in [-0.15, -0.1) is 0 Å². The lowest BCUT2D eigenvalue weighted by atomic mass is 9.95. The highest BCUT2D eigenvalue weighted by Gasteiger charge is 2.32. The van der Waals surface area contributed by atoms with Gasteiger partial charge in [-0.05, 0) is 49.2 Å². The molecule has 186 valence electrons. The summed E-state index contributed by atoms with van der Waals surface area (Å²) in [5.41, 5.74) is 4.67. The highest BCUT2D eigenvalue weighted by atomic mass is 35.5. The minimum Gasteiger partial charge on any atom is -0.490 e. The molecule has 4 N–H and O–H groups in total. The normalized spacial score (nSPS) is 16.4. The molecule has 2 amide bonds. The fourth-order valence-electron chi connectivity index (χ4n) is 3.37. The van der Waals surface area contributed by atoms with Crippen LogP contribution >= 0.6 is 11.6 Å². The van der Waals surface area contributed by atoms with Gasteiger partial charge < -0.3 is 30.0 Å². The van der Waals surface area contributed by atoms with Crippen molar-refractivity contribution in [3.63, 3.8) is 0 Å². The summed E-state index contributed by atoms with van der Waals surface area (Å²) in [6.45, 7) is 3.68. The molecule has 0 radical (unpaired) electrons. The van der Waals surface area contributed by atoms with Gasteiger partial charge in [0.15, 0.2) is 17.7 Å². The number of hydrogen-bond acceptors (Lipinski definition) is 8. The molecular weight excluding hydrogens is 476 g/mol. The van der Waals surface area contributed by atoms with Gasteiger partial charge in [-0.25, -0.2) is 9.59 Å². The third-order valence-corrected chi connectivity index (χ3v) is 5.23. The van der Waals surface area contributed by atoms with E-state index in [1.54, 1.807) is 55.6 Å². The Kier molecular flexibility index (Phi) is 8.93. The summed E-state index contributed by atoms with van der Waals surface area (Å²) in [6.07, 6.45) is 0.453. The summed E-state index contributed by atoms with van der Waals surface area (Å²) in [6, 6.07) is 10.9. The van der Waals surface area contributed by atoms with Gasteiger partial charge in [-0.1, -0.05) is 29.8 Å². The number of hydrogen-bond donors (Lipinski definition) is 4. The largest absolute Gasteiger partial charge is 0.490 e. The number of nitrogens with zero attached hydrogens (tertiary/aromatic N) is 1. The minimum atomic E-state index is -1.09. The molecule has 0 saturated carbocycles. The van der Waals surface area contributed by atoms with E-state index in [1.807, 2.05) is 6.92 Å². The summed E-state index contributed by atoms with van der Waals surface area (Å²) in [5.74, 6) is 0.196. The molecule has 0 spiro atoms. The van der Waals surface area contributed by atoms with Crippen LogP contribution in [0.15, 0.2) is 58.8 Å². The molecule has 0 unspecified atom stereocenters. The van der Waals surface area contributed by atoms with Gasteiger partial charge in [-0.2, -0.15) is 5.10 Å². The van der Waals surface area contributed by atoms with Crippen molar-refractivity contribution in [2.24, 2.45) is 5.10 Å². The van der Waals surface area contributed by atoms with E-state index in [4.69, 9.17) is 25.8 Å². The molecule has 11 heteroatoms. The number of ether oxygens (including phenoxy) is 3. The lowest BCUT2D eigenvalue weighted by Gasteiger charge is -2.28. The van der Waals surface area contributed by atoms with Gasteiger partial charge in [0.2, 0.25) is 0 Å². The van der Waals surface area contributed by atoms with Crippen LogP contribution in [0.3, 0.4) is 0 Å². The van der Waals surface area contributed by atoms with Crippen molar-refractivity contribution in [2.75, 3.05) is 20.3 Å². The monoisotopic (exact) mass is 502 g/mol. The van der Waals surface area contributed by atoms with E-state index in [2.05, 4.69) is 21.2 Å². The number of rotatable bonds is 10. The maximum atomic E-state index is 12.3. The van der Waals surface area contributed by atoms with Crippen molar-refractivity contribution < 1.29 is 28.9 Å². The molecule has 0 aliphatic carbocycles. The highest BCUT2D eigenvalue weighted by Crippen LogP contribution is 2.34. The zero-order valence-corrected chi connectivity index (χ0v) is 20.3. The SMILES string of the molecule is CCOc1cc([C@@H]2NC(=O)NC(C)=C2C(=O)OC)ccc1OC[C@@H](O)N/N=C\c1ccc(Cl)cc1. The van der Waals surface area contributed by atoms with E-state index in [0.29, 0.717) is 34.4 Å². The van der Waals surface area contributed by atoms with Gasteiger partial charge in [0.1, 0.15) is 6.61 Å². The third kappa shape index (κ3) is 6.87. The van der Waals surface area contributed by atoms with Crippen molar-refractivity contribution in [1.29, 1.82) is 0 Å². The Morgan fingerprint density at radius 3 is 2.66 bits per heavy atom. The van der Waals surface area contributed by atoms with E-state index in [1.165, 1.54) is 7.11 Å². The van der Waals surface area contributed by atoms with Crippen molar-refractivity contribution in [2.45, 2.75) is 26.1 Å². The van der Waals surface area contributed by atoms with Crippen molar-refractivity contribution in [3.8, 4) is 11.5 Å². The molecule has 0 fully saturated rings. The van der Waals surface area contributed by atoms with E-state index in [9.17, 15) is 14.7 Å². The number of urea groups is 1. The first-order chi connectivity index (χ1) is 16.8. The van der Waals surface area contributed by atoms with Gasteiger partial charge in [-0.3, -0.25) is 5.43 Å². The molecule has 10 nitrogen and oxygen atoms in total. The number of carbonyl (C=O) groups excluding carboxylic acids is 2. The number of benzene rings is 2. The number of amides is 2. The first kappa shape index (κ1) is 25.9. The second-order valence-corrected chi connectivity index (χ2v) is 7.90. The Balaban J connectivity index is 1.71. The highest BCUT2D eigenvalue weighted by molar-refractivity contribution is 6.30. The van der Waals surface area contributed by atoms with Gasteiger partial charge >= 0.3 is 12.0 Å². The minimum absolute atomic E-state index is 0.117. The smallest absolute Gasteiger partial charge is 0.337 e. The van der Waals surface area contributed by atoms with Crippen LogP contribution in [-0.2, 0) is 9.53 Å². The van der Waals surface area contributed by atoms with E-state index < -0.39 is 24.3 Å². The second kappa shape index (κ2) is 12.1. The zero-order valence-electron chi connectivity index (χ0n) is 19.5. The van der Waals surface area contributed by atoms with Gasteiger partial charge in [0.05, 0.1) is 31.5 Å². The number of esters is 1. The van der Waals surface area contributed by atoms with Crippen LogP contribution in [0.5, 0.6) is 11.5 Å². The average molecular weight is 503 g/mol. The Labute approximate surface area is 207 Å². The molecule has 35 heavy (non-hydrogen) atoms. The predicted octanol–water partition coefficient (Wildman–Crippen LogP) is 2.86. The second-order valence-electron chi connectivity index (χ2n) is 7.47. The fourth-order valence-corrected chi connectivity index (χ4v) is 3.49. The zero-order chi connectivity index (χ0) is 25.4. The maximum absolute atomic E-state index is 12.3. The van der Waals surface area contributed by atoms with E-state index in [-0.39, 0.29) is 12.2 Å². The van der Waals surface area contributed by atoms with Crippen LogP contribution in [0, 0.1) is 0 Å². The van der Waals surface area contributed by atoms with Crippen molar-refractivity contribution >= 4 is 29.8 Å². The number of aliphatic hydroxyl groups excluding tert-OH is 1. The van der Waals surface area contributed by atoms with Crippen LogP contribution in [0.4, 0.5) is 4.79 Å². The lowest BCUT2D eigenvalue weighted by Crippen LogP contribution is -2.45. The van der Waals surface area contributed by atoms with Crippen LogP contribution in [0.25, 0.3) is 0 Å². The number of hydrazone groups is 1. The van der Waals surface area contributed by atoms with Crippen LogP contribution < -0.4 is 25.5 Å². The molecule has 2 aromatic rings. The molecule has 2 atom stereocenters. The maximum Gasteiger partial charge on any atom is 0.337 e. The average Bonchev–Trinajstić information content (AvgIpc) is 2.83. The first-order valence-corrected chi connectivity index (χ1v) is 11.2. The Morgan fingerprint density at radius 2 is 1.97 bits per heavy atom. The number of halogens is 1. The topological polar surface area (TPSA) is 131 Å². The Morgan fingerprint density at radius 1 is 1.23 bits per heavy atom. The van der Waals surface area contributed by atoms with Gasteiger partial charge in [0.25, 0.3) is 0 Å². The Hall–Kier alpha value is -3.76. The van der Waals surface area contributed by atoms with Crippen molar-refractivity contribution in [1.82, 2.24) is 16.1 Å². The molecule has 3 rings (SSSR count). The number of allylic oxidation sites excluding steroid dienone is 1. The van der Waals surface area contributed by atoms with E-state index >= 15 is 0 Å². The molecule has 0 aromatic heterocycles. The molecule has 0 bridgehead atoms. The number of methoxy groups -OCH3 is 1. The Bertz CT molecular complexity index is 1120. The molecule has 1 heterocycles. The van der Waals surface area contributed by atoms with Gasteiger partial charge in [0, 0.05) is 10.7 Å². The van der Waals surface area contributed by atoms with Crippen LogP contribution in [0.2, 0.25) is 5.02 Å². The number of carbonyl (C=O) groups is 2. The van der Waals surface area contributed by atoms with Crippen LogP contribution in [0.1, 0.15) is 31.0 Å². The molecule has 1 aliphatic rings. The predicted molar refractivity (Wildman–Crippen MR) is 130 cm³/mol. The summed E-state index contributed by atoms with van der Waals surface area (Å²) >= 11 is 5.85. The number of aliphatic hydroxyl groups is 1. The fraction of sp³-hybridized carbons (Fsp3) is 0.292. The summed E-state index contributed by atoms with van der Waals surface area (Å²) in [5, 5.41) is 20.1. The summed E-state index contributed by atoms with van der Waals surface area (Å²) in [4.78, 5) is 24.4. The molecule has 2 aromatic carbocycles. The molecule has 1 aliphatic heterocycles. The molecular formula is C24H27ClN4O6. The van der Waals surface area contributed by atoms with E-state index in [0.717, 1.165) is 5.56 Å². The first-order valence-electron chi connectivity index (χ1n) is 10.8. The van der Waals surface area contributed by atoms with Crippen molar-refractivity contribution in [3.05, 3.63) is 69.9 Å². The number of nitrogens with one attached hydrogen (secondary N) is 3.